The minimum absolute atomic E-state index is 0.0905. The van der Waals surface area contributed by atoms with E-state index in [4.69, 9.17) is 29.4 Å². The van der Waals surface area contributed by atoms with E-state index in [9.17, 15) is 40.5 Å². The molecular formula is C30H48N8O10. The Kier molecular flexibility index (Phi) is 12.7. The molecule has 5 rings (SSSR count). The van der Waals surface area contributed by atoms with Gasteiger partial charge in [-0.25, -0.2) is 14.8 Å². The van der Waals surface area contributed by atoms with Gasteiger partial charge in [-0.05, 0) is 38.5 Å². The molecule has 0 unspecified atom stereocenters. The van der Waals surface area contributed by atoms with Crippen LogP contribution in [0.3, 0.4) is 0 Å². The van der Waals surface area contributed by atoms with Gasteiger partial charge in [0.05, 0.1) is 26.4 Å². The van der Waals surface area contributed by atoms with Crippen LogP contribution < -0.4 is 19.6 Å². The van der Waals surface area contributed by atoms with Crippen LogP contribution in [0, 0.1) is 0 Å². The van der Waals surface area contributed by atoms with E-state index in [0.717, 1.165) is 64.7 Å². The van der Waals surface area contributed by atoms with Crippen molar-refractivity contribution in [2.45, 2.75) is 69.2 Å². The molecule has 7 N–H and O–H groups in total. The van der Waals surface area contributed by atoms with Crippen LogP contribution in [0.5, 0.6) is 0 Å². The van der Waals surface area contributed by atoms with Crippen molar-refractivity contribution in [3.05, 3.63) is 0 Å². The molecule has 3 aliphatic heterocycles. The lowest BCUT2D eigenvalue weighted by Crippen LogP contribution is -2.60. The number of carboxylic acid groups (broad SMARTS) is 1. The fourth-order valence-electron chi connectivity index (χ4n) is 6.35. The molecule has 2 aromatic rings. The number of anilines is 4. The zero-order chi connectivity index (χ0) is 34.2. The van der Waals surface area contributed by atoms with Crippen molar-refractivity contribution in [3.63, 3.8) is 0 Å². The van der Waals surface area contributed by atoms with Gasteiger partial charge < -0.3 is 64.8 Å². The van der Waals surface area contributed by atoms with E-state index in [2.05, 4.69) is 9.80 Å². The third-order valence-corrected chi connectivity index (χ3v) is 8.93. The summed E-state index contributed by atoms with van der Waals surface area (Å²) in [5, 5.41) is 69.5. The van der Waals surface area contributed by atoms with Crippen LogP contribution in [0.15, 0.2) is 0 Å². The fourth-order valence-corrected chi connectivity index (χ4v) is 6.35. The van der Waals surface area contributed by atoms with E-state index in [1.807, 2.05) is 0 Å². The molecule has 18 heteroatoms. The maximum absolute atomic E-state index is 11.5. The topological polar surface area (TPSA) is 242 Å². The highest BCUT2D eigenvalue weighted by molar-refractivity contribution is 5.95. The Balaban J connectivity index is 1.52. The van der Waals surface area contributed by atoms with E-state index < -0.39 is 36.7 Å². The predicted molar refractivity (Wildman–Crippen MR) is 173 cm³/mol. The number of carboxylic acids is 1. The number of nitrogens with zero attached hydrogens (tertiary/aromatic N) is 8. The lowest BCUT2D eigenvalue weighted by molar-refractivity contribution is -0.293. The van der Waals surface area contributed by atoms with E-state index in [1.54, 1.807) is 9.80 Å². The maximum atomic E-state index is 11.5. The van der Waals surface area contributed by atoms with Gasteiger partial charge in [0.2, 0.25) is 11.9 Å². The molecule has 0 aliphatic carbocycles. The van der Waals surface area contributed by atoms with Crippen molar-refractivity contribution in [2.24, 2.45) is 0 Å². The number of ether oxygens (including phenoxy) is 2. The Labute approximate surface area is 278 Å². The number of hydrogen-bond donors (Lipinski definition) is 7. The molecule has 18 nitrogen and oxygen atoms in total. The Morgan fingerprint density at radius 3 is 1.58 bits per heavy atom. The first-order valence-electron chi connectivity index (χ1n) is 16.7. The van der Waals surface area contributed by atoms with Crippen LogP contribution in [0.25, 0.3) is 11.0 Å². The van der Waals surface area contributed by atoms with E-state index >= 15 is 0 Å². The highest BCUT2D eigenvalue weighted by Crippen LogP contribution is 2.35. The molecule has 0 bridgehead atoms. The summed E-state index contributed by atoms with van der Waals surface area (Å²) in [6.07, 6.45) is -2.57. The highest BCUT2D eigenvalue weighted by atomic mass is 16.7. The third kappa shape index (κ3) is 8.14. The Bertz CT molecular complexity index is 1340. The average molecular weight is 681 g/mol. The molecule has 5 atom stereocenters. The first-order valence-corrected chi connectivity index (χ1v) is 16.7. The van der Waals surface area contributed by atoms with Crippen LogP contribution in [-0.2, 0) is 14.3 Å². The first-order chi connectivity index (χ1) is 23.3. The molecule has 268 valence electrons. The second-order valence-electron chi connectivity index (χ2n) is 12.2. The molecule has 3 saturated heterocycles. The SMILES string of the molecule is O=C(O)[C@@H]1O[C@H](OCCN(CCO)c2nc(N3CCCCC3)c3nc(N(CCO)CCO)nc(N4CCCCC4)c3n2)[C@H](O)[C@H](O)[C@H]1O. The second kappa shape index (κ2) is 16.9. The number of aliphatic hydroxyl groups is 6. The van der Waals surface area contributed by atoms with Gasteiger partial charge in [-0.15, -0.1) is 0 Å². The number of carbonyl (C=O) groups is 1. The number of rotatable bonds is 15. The molecule has 0 saturated carbocycles. The lowest BCUT2D eigenvalue weighted by atomic mass is 9.99. The van der Waals surface area contributed by atoms with Crippen LogP contribution >= 0.6 is 0 Å². The summed E-state index contributed by atoms with van der Waals surface area (Å²) in [5.74, 6) is 0.343. The van der Waals surface area contributed by atoms with E-state index in [1.165, 1.54) is 0 Å². The molecule has 2 aromatic heterocycles. The van der Waals surface area contributed by atoms with Crippen molar-refractivity contribution in [3.8, 4) is 0 Å². The Hall–Kier alpha value is -3.23. The summed E-state index contributed by atoms with van der Waals surface area (Å²) in [6.45, 7) is 3.02. The zero-order valence-corrected chi connectivity index (χ0v) is 27.0. The van der Waals surface area contributed by atoms with E-state index in [-0.39, 0.29) is 58.6 Å². The third-order valence-electron chi connectivity index (χ3n) is 8.93. The van der Waals surface area contributed by atoms with Crippen molar-refractivity contribution >= 4 is 40.5 Å². The summed E-state index contributed by atoms with van der Waals surface area (Å²) in [4.78, 5) is 39.1. The maximum Gasteiger partial charge on any atom is 0.335 e. The Morgan fingerprint density at radius 2 is 1.15 bits per heavy atom. The van der Waals surface area contributed by atoms with Crippen molar-refractivity contribution in [1.29, 1.82) is 0 Å². The molecule has 5 heterocycles. The number of piperidine rings is 2. The number of aromatic nitrogens is 4. The number of fused-ring (bicyclic) bond motifs is 1. The minimum Gasteiger partial charge on any atom is -0.479 e. The molecular weight excluding hydrogens is 632 g/mol. The van der Waals surface area contributed by atoms with Crippen LogP contribution in [0.2, 0.25) is 0 Å². The highest BCUT2D eigenvalue weighted by Gasteiger charge is 2.47. The van der Waals surface area contributed by atoms with Gasteiger partial charge in [0.25, 0.3) is 0 Å². The van der Waals surface area contributed by atoms with E-state index in [0.29, 0.717) is 28.6 Å². The molecule has 0 spiro atoms. The second-order valence-corrected chi connectivity index (χ2v) is 12.2. The van der Waals surface area contributed by atoms with Crippen LogP contribution in [0.4, 0.5) is 23.5 Å². The van der Waals surface area contributed by atoms with Crippen molar-refractivity contribution < 1.29 is 50.0 Å². The Morgan fingerprint density at radius 1 is 0.688 bits per heavy atom. The monoisotopic (exact) mass is 680 g/mol. The van der Waals surface area contributed by atoms with Gasteiger partial charge >= 0.3 is 5.97 Å². The zero-order valence-electron chi connectivity index (χ0n) is 27.0. The van der Waals surface area contributed by atoms with Gasteiger partial charge in [-0.1, -0.05) is 0 Å². The minimum atomic E-state index is -1.83. The normalized spacial score (nSPS) is 25.0. The predicted octanol–water partition coefficient (Wildman–Crippen LogP) is -2.10. The molecule has 0 radical (unpaired) electrons. The van der Waals surface area contributed by atoms with Crippen molar-refractivity contribution in [1.82, 2.24) is 19.9 Å². The van der Waals surface area contributed by atoms with Crippen LogP contribution in [0.1, 0.15) is 38.5 Å². The first kappa shape index (κ1) is 36.1. The van der Waals surface area contributed by atoms with Gasteiger partial charge in [-0.2, -0.15) is 9.97 Å². The smallest absolute Gasteiger partial charge is 0.335 e. The number of hydrogen-bond acceptors (Lipinski definition) is 17. The average Bonchev–Trinajstić information content (AvgIpc) is 3.10. The molecule has 3 aliphatic rings. The molecule has 0 amide bonds. The number of aliphatic carboxylic acids is 1. The summed E-state index contributed by atoms with van der Waals surface area (Å²) < 4.78 is 10.9. The standard InChI is InChI=1S/C30H48N8O10/c39-15-11-37(12-16-40)29-31-19-20(25(33-29)35-7-3-1-4-8-35)32-30(34-26(19)36-9-5-2-6-10-36)38(13-17-41)14-18-47-28-23(44)21(42)22(43)24(48-28)27(45)46/h21-24,28,39-44H,1-18H2,(H,45,46)/t21-,22-,23-,24-,28+/m1/s1. The van der Waals surface area contributed by atoms with Gasteiger partial charge in [0.1, 0.15) is 29.3 Å². The number of aliphatic hydroxyl groups excluding tert-OH is 6. The van der Waals surface area contributed by atoms with Gasteiger partial charge in [0, 0.05) is 52.4 Å². The molecule has 0 aromatic carbocycles. The largest absolute Gasteiger partial charge is 0.479 e. The molecule has 3 fully saturated rings. The summed E-state index contributed by atoms with van der Waals surface area (Å²) in [5.41, 5.74) is 1.06. The van der Waals surface area contributed by atoms with Gasteiger partial charge in [-0.3, -0.25) is 0 Å². The summed E-state index contributed by atoms with van der Waals surface area (Å²) in [6, 6.07) is 0. The van der Waals surface area contributed by atoms with Crippen molar-refractivity contribution in [2.75, 3.05) is 98.4 Å². The fraction of sp³-hybridized carbons (Fsp3) is 0.767. The van der Waals surface area contributed by atoms with Crippen LogP contribution in [-0.4, -0.2) is 171 Å². The molecule has 48 heavy (non-hydrogen) atoms. The summed E-state index contributed by atoms with van der Waals surface area (Å²) in [7, 11) is 0. The summed E-state index contributed by atoms with van der Waals surface area (Å²) >= 11 is 0. The van der Waals surface area contributed by atoms with Gasteiger partial charge in [0.15, 0.2) is 24.0 Å². The quantitative estimate of drug-likeness (QED) is 0.107. The lowest BCUT2D eigenvalue weighted by Gasteiger charge is -2.38.